The summed E-state index contributed by atoms with van der Waals surface area (Å²) in [5.74, 6) is 4.98. The van der Waals surface area contributed by atoms with Gasteiger partial charge in [-0.05, 0) is 17.7 Å². The first kappa shape index (κ1) is 8.16. The molecule has 0 aliphatic rings. The molecule has 2 aromatic rings. The highest BCUT2D eigenvalue weighted by Gasteiger charge is 1.95. The summed E-state index contributed by atoms with van der Waals surface area (Å²) in [5.41, 5.74) is 1.98. The summed E-state index contributed by atoms with van der Waals surface area (Å²) >= 11 is 0. The normalized spacial score (nSPS) is 10.5. The summed E-state index contributed by atoms with van der Waals surface area (Å²) in [4.78, 5) is 8.80. The summed E-state index contributed by atoms with van der Waals surface area (Å²) in [6.07, 6.45) is 1.77. The number of hydrogen-bond donors (Lipinski definition) is 1. The van der Waals surface area contributed by atoms with Gasteiger partial charge < -0.3 is 0 Å². The monoisotopic (exact) mass is 174 g/mol. The quantitative estimate of drug-likeness (QED) is 0.704. The van der Waals surface area contributed by atoms with Crippen LogP contribution in [0, 0.1) is 0 Å². The highest BCUT2D eigenvalue weighted by molar-refractivity contribution is 5.78. The van der Waals surface area contributed by atoms with Gasteiger partial charge in [-0.1, -0.05) is 18.2 Å². The predicted molar refractivity (Wildman–Crippen MR) is 50.7 cm³/mol. The molecule has 2 rings (SSSR count). The predicted octanol–water partition coefficient (Wildman–Crippen LogP) is 1.63. The molecule has 0 fully saturated rings. The molecule has 0 spiro atoms. The molecule has 66 valence electrons. The highest BCUT2D eigenvalue weighted by Crippen LogP contribution is 2.12. The van der Waals surface area contributed by atoms with Gasteiger partial charge in [0.25, 0.3) is 0 Å². The maximum Gasteiger partial charge on any atom is 0.0945 e. The largest absolute Gasteiger partial charge is 0.300 e. The van der Waals surface area contributed by atoms with Crippen LogP contribution in [-0.4, -0.2) is 4.98 Å². The van der Waals surface area contributed by atoms with Crippen LogP contribution < -0.4 is 5.90 Å². The Balaban J connectivity index is 2.49. The van der Waals surface area contributed by atoms with Gasteiger partial charge in [0, 0.05) is 11.6 Å². The molecule has 3 nitrogen and oxygen atoms in total. The lowest BCUT2D eigenvalue weighted by Gasteiger charge is -2.00. The Morgan fingerprint density at radius 3 is 3.00 bits per heavy atom. The van der Waals surface area contributed by atoms with Crippen molar-refractivity contribution in [2.75, 3.05) is 0 Å². The maximum atomic E-state index is 4.98. The second-order valence-corrected chi connectivity index (χ2v) is 2.85. The third kappa shape index (κ3) is 1.66. The number of hydrogen-bond acceptors (Lipinski definition) is 3. The smallest absolute Gasteiger partial charge is 0.0945 e. The molecule has 3 heteroatoms. The number of aromatic nitrogens is 1. The average Bonchev–Trinajstić information content (AvgIpc) is 2.18. The van der Waals surface area contributed by atoms with Crippen molar-refractivity contribution in [2.45, 2.75) is 6.61 Å². The van der Waals surface area contributed by atoms with E-state index in [2.05, 4.69) is 9.82 Å². The van der Waals surface area contributed by atoms with Gasteiger partial charge in [-0.2, -0.15) is 0 Å². The van der Waals surface area contributed by atoms with Crippen molar-refractivity contribution in [1.29, 1.82) is 0 Å². The Bertz CT molecular complexity index is 414. The van der Waals surface area contributed by atoms with Gasteiger partial charge in [-0.25, -0.2) is 5.90 Å². The summed E-state index contributed by atoms with van der Waals surface area (Å²) in [7, 11) is 0. The molecule has 0 saturated carbocycles. The van der Waals surface area contributed by atoms with Gasteiger partial charge in [0.1, 0.15) is 0 Å². The molecule has 1 aromatic heterocycles. The minimum atomic E-state index is 0.401. The minimum absolute atomic E-state index is 0.401. The third-order valence-corrected chi connectivity index (χ3v) is 1.90. The van der Waals surface area contributed by atoms with Crippen LogP contribution in [-0.2, 0) is 11.4 Å². The molecule has 0 aliphatic heterocycles. The van der Waals surface area contributed by atoms with Crippen LogP contribution in [0.15, 0.2) is 36.5 Å². The number of pyridine rings is 1. The van der Waals surface area contributed by atoms with Crippen molar-refractivity contribution in [1.82, 2.24) is 4.98 Å². The van der Waals surface area contributed by atoms with E-state index < -0.39 is 0 Å². The Kier molecular flexibility index (Phi) is 2.21. The van der Waals surface area contributed by atoms with E-state index in [-0.39, 0.29) is 0 Å². The van der Waals surface area contributed by atoms with Crippen molar-refractivity contribution in [3.8, 4) is 0 Å². The van der Waals surface area contributed by atoms with Crippen LogP contribution in [0.4, 0.5) is 0 Å². The average molecular weight is 174 g/mol. The minimum Gasteiger partial charge on any atom is -0.300 e. The molecule has 0 aliphatic carbocycles. The van der Waals surface area contributed by atoms with E-state index in [9.17, 15) is 0 Å². The van der Waals surface area contributed by atoms with Crippen LogP contribution in [0.5, 0.6) is 0 Å². The first-order chi connectivity index (χ1) is 6.40. The van der Waals surface area contributed by atoms with E-state index in [1.54, 1.807) is 6.20 Å². The van der Waals surface area contributed by atoms with E-state index in [0.717, 1.165) is 16.5 Å². The molecule has 0 bridgehead atoms. The van der Waals surface area contributed by atoms with E-state index in [4.69, 9.17) is 5.90 Å². The highest BCUT2D eigenvalue weighted by atomic mass is 16.6. The van der Waals surface area contributed by atoms with E-state index in [0.29, 0.717) is 6.61 Å². The first-order valence-corrected chi connectivity index (χ1v) is 4.05. The van der Waals surface area contributed by atoms with Crippen LogP contribution in [0.1, 0.15) is 5.56 Å². The molecule has 0 saturated heterocycles. The Hall–Kier alpha value is -1.45. The fourth-order valence-electron chi connectivity index (χ4n) is 1.29. The second kappa shape index (κ2) is 3.51. The zero-order valence-corrected chi connectivity index (χ0v) is 7.10. The van der Waals surface area contributed by atoms with Crippen molar-refractivity contribution < 1.29 is 4.84 Å². The van der Waals surface area contributed by atoms with Crippen LogP contribution in [0.3, 0.4) is 0 Å². The fourth-order valence-corrected chi connectivity index (χ4v) is 1.29. The summed E-state index contributed by atoms with van der Waals surface area (Å²) in [6, 6.07) is 9.96. The van der Waals surface area contributed by atoms with Gasteiger partial charge in [-0.15, -0.1) is 0 Å². The molecule has 13 heavy (non-hydrogen) atoms. The number of fused-ring (bicyclic) bond motifs is 1. The summed E-state index contributed by atoms with van der Waals surface area (Å²) < 4.78 is 0. The van der Waals surface area contributed by atoms with Gasteiger partial charge in [0.15, 0.2) is 0 Å². The van der Waals surface area contributed by atoms with Gasteiger partial charge >= 0.3 is 0 Å². The Morgan fingerprint density at radius 2 is 2.15 bits per heavy atom. The molecular weight excluding hydrogens is 164 g/mol. The van der Waals surface area contributed by atoms with Gasteiger partial charge in [0.2, 0.25) is 0 Å². The lowest BCUT2D eigenvalue weighted by Crippen LogP contribution is -1.99. The van der Waals surface area contributed by atoms with Crippen molar-refractivity contribution in [2.24, 2.45) is 5.90 Å². The Morgan fingerprint density at radius 1 is 1.31 bits per heavy atom. The lowest BCUT2D eigenvalue weighted by atomic mass is 10.2. The van der Waals surface area contributed by atoms with Crippen LogP contribution in [0.25, 0.3) is 10.9 Å². The van der Waals surface area contributed by atoms with Crippen LogP contribution in [0.2, 0.25) is 0 Å². The molecule has 0 amide bonds. The summed E-state index contributed by atoms with van der Waals surface area (Å²) in [5, 5.41) is 1.11. The van der Waals surface area contributed by atoms with Crippen LogP contribution >= 0.6 is 0 Å². The second-order valence-electron chi connectivity index (χ2n) is 2.85. The number of benzene rings is 1. The molecule has 0 atom stereocenters. The number of rotatable bonds is 2. The maximum absolute atomic E-state index is 4.98. The zero-order valence-electron chi connectivity index (χ0n) is 7.10. The fraction of sp³-hybridized carbons (Fsp3) is 0.100. The van der Waals surface area contributed by atoms with Gasteiger partial charge in [0.05, 0.1) is 12.1 Å². The molecule has 0 radical (unpaired) electrons. The third-order valence-electron chi connectivity index (χ3n) is 1.90. The topological polar surface area (TPSA) is 48.1 Å². The molecule has 1 heterocycles. The molecule has 1 aromatic carbocycles. The zero-order chi connectivity index (χ0) is 9.10. The lowest BCUT2D eigenvalue weighted by molar-refractivity contribution is 0.124. The van der Waals surface area contributed by atoms with E-state index in [1.165, 1.54) is 0 Å². The summed E-state index contributed by atoms with van der Waals surface area (Å²) in [6.45, 7) is 0.401. The standard InChI is InChI=1S/C10H10N2O/c11-13-7-8-5-9-3-1-2-4-10(9)12-6-8/h1-6H,7,11H2. The first-order valence-electron chi connectivity index (χ1n) is 4.05. The molecular formula is C10H10N2O. The Labute approximate surface area is 76.1 Å². The van der Waals surface area contributed by atoms with E-state index >= 15 is 0 Å². The molecule has 0 unspecified atom stereocenters. The molecule has 2 N–H and O–H groups in total. The van der Waals surface area contributed by atoms with Crippen molar-refractivity contribution >= 4 is 10.9 Å². The number of nitrogens with zero attached hydrogens (tertiary/aromatic N) is 1. The van der Waals surface area contributed by atoms with Crippen molar-refractivity contribution in [3.63, 3.8) is 0 Å². The van der Waals surface area contributed by atoms with E-state index in [1.807, 2.05) is 30.3 Å². The SMILES string of the molecule is NOCc1cnc2ccccc2c1. The van der Waals surface area contributed by atoms with Crippen molar-refractivity contribution in [3.05, 3.63) is 42.1 Å². The van der Waals surface area contributed by atoms with Gasteiger partial charge in [-0.3, -0.25) is 9.82 Å². The number of para-hydroxylation sites is 1. The number of nitrogens with two attached hydrogens (primary N) is 1.